The molecular formula is C17H22BrN. The monoisotopic (exact) mass is 319 g/mol. The van der Waals surface area contributed by atoms with Crippen molar-refractivity contribution in [2.75, 3.05) is 6.54 Å². The summed E-state index contributed by atoms with van der Waals surface area (Å²) in [6, 6.07) is 8.66. The molecule has 3 unspecified atom stereocenters. The van der Waals surface area contributed by atoms with E-state index in [1.165, 1.54) is 18.4 Å². The van der Waals surface area contributed by atoms with Gasteiger partial charge in [0.1, 0.15) is 0 Å². The molecule has 1 aromatic rings. The smallest absolute Gasteiger partial charge is 0.0377 e. The molecule has 1 nitrogen and oxygen atoms in total. The highest BCUT2D eigenvalue weighted by atomic mass is 79.9. The van der Waals surface area contributed by atoms with E-state index in [0.29, 0.717) is 0 Å². The van der Waals surface area contributed by atoms with Crippen molar-refractivity contribution in [1.29, 1.82) is 0 Å². The van der Waals surface area contributed by atoms with Crippen molar-refractivity contribution in [2.45, 2.75) is 32.2 Å². The Morgan fingerprint density at radius 2 is 1.89 bits per heavy atom. The third-order valence-corrected chi connectivity index (χ3v) is 5.32. The second-order valence-corrected chi connectivity index (χ2v) is 7.47. The second kappa shape index (κ2) is 5.06. The van der Waals surface area contributed by atoms with Crippen LogP contribution in [0, 0.1) is 17.8 Å². The van der Waals surface area contributed by atoms with E-state index in [9.17, 15) is 0 Å². The van der Waals surface area contributed by atoms with E-state index in [2.05, 4.69) is 71.5 Å². The Morgan fingerprint density at radius 1 is 1.16 bits per heavy atom. The highest BCUT2D eigenvalue weighted by Crippen LogP contribution is 2.43. The summed E-state index contributed by atoms with van der Waals surface area (Å²) in [5.74, 6) is 2.54. The van der Waals surface area contributed by atoms with Gasteiger partial charge in [-0.15, -0.1) is 0 Å². The van der Waals surface area contributed by atoms with Crippen LogP contribution in [-0.2, 0) is 5.54 Å². The van der Waals surface area contributed by atoms with Crippen LogP contribution in [0.3, 0.4) is 0 Å². The van der Waals surface area contributed by atoms with Gasteiger partial charge in [-0.25, -0.2) is 0 Å². The molecule has 19 heavy (non-hydrogen) atoms. The Morgan fingerprint density at radius 3 is 2.47 bits per heavy atom. The average molecular weight is 320 g/mol. The van der Waals surface area contributed by atoms with E-state index in [1.807, 2.05) is 0 Å². The normalized spacial score (nSPS) is 29.1. The first-order valence-electron chi connectivity index (χ1n) is 7.24. The maximum absolute atomic E-state index is 3.77. The van der Waals surface area contributed by atoms with Gasteiger partial charge in [0.25, 0.3) is 0 Å². The van der Waals surface area contributed by atoms with Gasteiger partial charge in [-0.05, 0) is 68.7 Å². The molecule has 2 aliphatic carbocycles. The van der Waals surface area contributed by atoms with Crippen molar-refractivity contribution in [3.63, 3.8) is 0 Å². The van der Waals surface area contributed by atoms with E-state index in [0.717, 1.165) is 28.8 Å². The molecule has 0 saturated heterocycles. The predicted octanol–water partition coefficient (Wildman–Crippen LogP) is 4.49. The molecule has 0 radical (unpaired) electrons. The Bertz CT molecular complexity index is 475. The van der Waals surface area contributed by atoms with Crippen molar-refractivity contribution < 1.29 is 0 Å². The number of hydrogen-bond acceptors (Lipinski definition) is 1. The fourth-order valence-electron chi connectivity index (χ4n) is 3.48. The van der Waals surface area contributed by atoms with E-state index < -0.39 is 0 Å². The van der Waals surface area contributed by atoms with Crippen LogP contribution >= 0.6 is 15.9 Å². The zero-order chi connectivity index (χ0) is 13.5. The van der Waals surface area contributed by atoms with Crippen LogP contribution < -0.4 is 5.32 Å². The van der Waals surface area contributed by atoms with Crippen molar-refractivity contribution in [3.8, 4) is 0 Å². The molecule has 3 atom stereocenters. The lowest BCUT2D eigenvalue weighted by Crippen LogP contribution is -2.40. The maximum Gasteiger partial charge on any atom is 0.0377 e. The number of nitrogens with one attached hydrogen (secondary N) is 1. The van der Waals surface area contributed by atoms with Gasteiger partial charge in [0.15, 0.2) is 0 Å². The molecule has 2 heteroatoms. The average Bonchev–Trinajstić information content (AvgIpc) is 2.99. The topological polar surface area (TPSA) is 12.0 Å². The van der Waals surface area contributed by atoms with Crippen LogP contribution in [0.1, 0.15) is 32.3 Å². The molecule has 0 heterocycles. The Hall–Kier alpha value is -0.600. The molecule has 1 N–H and O–H groups in total. The van der Waals surface area contributed by atoms with Crippen molar-refractivity contribution in [1.82, 2.24) is 5.32 Å². The summed E-state index contributed by atoms with van der Waals surface area (Å²) in [6.45, 7) is 5.69. The van der Waals surface area contributed by atoms with Crippen molar-refractivity contribution >= 4 is 15.9 Å². The van der Waals surface area contributed by atoms with Crippen molar-refractivity contribution in [3.05, 3.63) is 46.5 Å². The van der Waals surface area contributed by atoms with Gasteiger partial charge in [-0.2, -0.15) is 0 Å². The fourth-order valence-corrected chi connectivity index (χ4v) is 3.75. The highest BCUT2D eigenvalue weighted by molar-refractivity contribution is 9.10. The van der Waals surface area contributed by atoms with Gasteiger partial charge >= 0.3 is 0 Å². The number of hydrogen-bond donors (Lipinski definition) is 1. The number of fused-ring (bicyclic) bond motifs is 2. The Kier molecular flexibility index (Phi) is 3.57. The largest absolute Gasteiger partial charge is 0.308 e. The summed E-state index contributed by atoms with van der Waals surface area (Å²) in [7, 11) is 0. The summed E-state index contributed by atoms with van der Waals surface area (Å²) in [6.07, 6.45) is 7.63. The minimum atomic E-state index is 0.0479. The molecule has 0 spiro atoms. The summed E-state index contributed by atoms with van der Waals surface area (Å²) in [5.41, 5.74) is 1.40. The van der Waals surface area contributed by atoms with Crippen LogP contribution in [0.5, 0.6) is 0 Å². The van der Waals surface area contributed by atoms with Crippen molar-refractivity contribution in [2.24, 2.45) is 17.8 Å². The van der Waals surface area contributed by atoms with E-state index in [4.69, 9.17) is 0 Å². The van der Waals surface area contributed by atoms with Crippen LogP contribution in [-0.4, -0.2) is 6.54 Å². The molecule has 1 aromatic carbocycles. The predicted molar refractivity (Wildman–Crippen MR) is 84.0 cm³/mol. The minimum Gasteiger partial charge on any atom is -0.308 e. The van der Waals surface area contributed by atoms with Crippen LogP contribution in [0.25, 0.3) is 0 Å². The van der Waals surface area contributed by atoms with Gasteiger partial charge in [0, 0.05) is 10.0 Å². The summed E-state index contributed by atoms with van der Waals surface area (Å²) < 4.78 is 1.14. The fraction of sp³-hybridized carbons (Fsp3) is 0.529. The van der Waals surface area contributed by atoms with Gasteiger partial charge < -0.3 is 5.32 Å². The number of allylic oxidation sites excluding steroid dienone is 2. The summed E-state index contributed by atoms with van der Waals surface area (Å²) in [5, 5.41) is 3.77. The third-order valence-electron chi connectivity index (χ3n) is 4.79. The molecule has 1 fully saturated rings. The van der Waals surface area contributed by atoms with E-state index >= 15 is 0 Å². The Labute approximate surface area is 124 Å². The van der Waals surface area contributed by atoms with Crippen LogP contribution in [0.15, 0.2) is 40.9 Å². The molecule has 0 aromatic heterocycles. The standard InChI is InChI=1S/C17H22BrN/c1-17(2,15-5-7-16(18)8-6-15)19-11-14-10-12-3-4-13(14)9-12/h3-8,12-14,19H,9-11H2,1-2H3. The molecule has 0 amide bonds. The number of rotatable bonds is 4. The minimum absolute atomic E-state index is 0.0479. The van der Waals surface area contributed by atoms with Gasteiger partial charge in [0.05, 0.1) is 0 Å². The molecule has 1 saturated carbocycles. The molecule has 0 aliphatic heterocycles. The highest BCUT2D eigenvalue weighted by Gasteiger charge is 2.36. The summed E-state index contributed by atoms with van der Waals surface area (Å²) >= 11 is 3.50. The number of halogens is 1. The molecular weight excluding hydrogens is 298 g/mol. The molecule has 102 valence electrons. The number of benzene rings is 1. The lowest BCUT2D eigenvalue weighted by Gasteiger charge is -2.30. The molecule has 2 aliphatic rings. The lowest BCUT2D eigenvalue weighted by molar-refractivity contribution is 0.329. The van der Waals surface area contributed by atoms with Crippen LogP contribution in [0.2, 0.25) is 0 Å². The maximum atomic E-state index is 3.77. The van der Waals surface area contributed by atoms with Crippen LogP contribution in [0.4, 0.5) is 0 Å². The third kappa shape index (κ3) is 2.80. The van der Waals surface area contributed by atoms with E-state index in [-0.39, 0.29) is 5.54 Å². The Balaban J connectivity index is 1.62. The zero-order valence-electron chi connectivity index (χ0n) is 11.7. The first-order valence-corrected chi connectivity index (χ1v) is 8.03. The summed E-state index contributed by atoms with van der Waals surface area (Å²) in [4.78, 5) is 0. The molecule has 3 rings (SSSR count). The first kappa shape index (κ1) is 13.4. The molecule has 2 bridgehead atoms. The zero-order valence-corrected chi connectivity index (χ0v) is 13.3. The van der Waals surface area contributed by atoms with Gasteiger partial charge in [0.2, 0.25) is 0 Å². The SMILES string of the molecule is CC(C)(NCC1CC2C=CC1C2)c1ccc(Br)cc1. The van der Waals surface area contributed by atoms with Gasteiger partial charge in [-0.3, -0.25) is 0 Å². The second-order valence-electron chi connectivity index (χ2n) is 6.55. The first-order chi connectivity index (χ1) is 9.04. The van der Waals surface area contributed by atoms with Gasteiger partial charge in [-0.1, -0.05) is 40.2 Å². The quantitative estimate of drug-likeness (QED) is 0.806. The lowest BCUT2D eigenvalue weighted by atomic mass is 9.90. The van der Waals surface area contributed by atoms with E-state index in [1.54, 1.807) is 0 Å².